The number of hydrogen-bond acceptors (Lipinski definition) is 1. The minimum atomic E-state index is 0.815. The molecule has 0 aromatic heterocycles. The highest BCUT2D eigenvalue weighted by Crippen LogP contribution is 2.34. The lowest BCUT2D eigenvalue weighted by atomic mass is 9.85. The Morgan fingerprint density at radius 1 is 0.636 bits per heavy atom. The molecule has 0 heterocycles. The molecule has 2 heteroatoms. The van der Waals surface area contributed by atoms with Crippen LogP contribution in [0.25, 0.3) is 32.7 Å². The maximum absolute atomic E-state index is 9.27. The predicted octanol–water partition coefficient (Wildman–Crippen LogP) is 3.90. The van der Waals surface area contributed by atoms with Gasteiger partial charge in [-0.15, -0.1) is 0 Å². The Morgan fingerprint density at radius 3 is 2.18 bits per heavy atom. The van der Waals surface area contributed by atoms with E-state index >= 15 is 0 Å². The molecule has 0 amide bonds. The van der Waals surface area contributed by atoms with Crippen molar-refractivity contribution in [3.8, 4) is 11.1 Å². The van der Waals surface area contributed by atoms with Crippen molar-refractivity contribution in [1.29, 1.82) is 0 Å². The van der Waals surface area contributed by atoms with Gasteiger partial charge in [-0.25, -0.2) is 0 Å². The lowest BCUT2D eigenvalue weighted by Crippen LogP contribution is -2.12. The fourth-order valence-corrected chi connectivity index (χ4v) is 3.08. The summed E-state index contributed by atoms with van der Waals surface area (Å²) in [6.07, 6.45) is 0. The van der Waals surface area contributed by atoms with Gasteiger partial charge in [0.05, 0.1) is 0 Å². The minimum Gasteiger partial charge on any atom is -0.450 e. The van der Waals surface area contributed by atoms with Gasteiger partial charge >= 0.3 is 7.48 Å². The molecule has 0 atom stereocenters. The second-order valence-electron chi connectivity index (χ2n) is 5.45. The maximum Gasteiger partial charge on any atom is 0.326 e. The first kappa shape index (κ1) is 13.1. The van der Waals surface area contributed by atoms with Gasteiger partial charge in [0, 0.05) is 0 Å². The summed E-state index contributed by atoms with van der Waals surface area (Å²) >= 11 is 0. The smallest absolute Gasteiger partial charge is 0.326 e. The van der Waals surface area contributed by atoms with Crippen molar-refractivity contribution in [1.82, 2.24) is 0 Å². The molecule has 0 bridgehead atoms. The van der Waals surface area contributed by atoms with E-state index in [4.69, 9.17) is 0 Å². The van der Waals surface area contributed by atoms with Crippen molar-refractivity contribution in [3.63, 3.8) is 0 Å². The second-order valence-corrected chi connectivity index (χ2v) is 5.45. The van der Waals surface area contributed by atoms with E-state index in [1.54, 1.807) is 0 Å². The van der Waals surface area contributed by atoms with Gasteiger partial charge in [-0.1, -0.05) is 78.3 Å². The number of hydrogen-bond donors (Lipinski definition) is 1. The average molecular weight is 281 g/mol. The zero-order valence-corrected chi connectivity index (χ0v) is 12.0. The molecule has 0 aliphatic heterocycles. The van der Waals surface area contributed by atoms with Gasteiger partial charge in [0.1, 0.15) is 0 Å². The first-order valence-corrected chi connectivity index (χ1v) is 7.35. The molecule has 0 saturated heterocycles. The van der Waals surface area contributed by atoms with E-state index in [9.17, 15) is 5.02 Å². The molecule has 4 rings (SSSR count). The molecule has 0 unspecified atom stereocenters. The minimum absolute atomic E-state index is 0.815. The normalized spacial score (nSPS) is 11.0. The number of benzene rings is 4. The fraction of sp³-hybridized carbons (Fsp3) is 0. The summed E-state index contributed by atoms with van der Waals surface area (Å²) in [5.74, 6) is 0. The Morgan fingerprint density at radius 2 is 1.36 bits per heavy atom. The topological polar surface area (TPSA) is 20.2 Å². The Labute approximate surface area is 130 Å². The van der Waals surface area contributed by atoms with Crippen LogP contribution in [0.1, 0.15) is 0 Å². The third-order valence-corrected chi connectivity index (χ3v) is 4.11. The van der Waals surface area contributed by atoms with Gasteiger partial charge in [0.25, 0.3) is 0 Å². The molecule has 103 valence electrons. The summed E-state index contributed by atoms with van der Waals surface area (Å²) in [5.41, 5.74) is 3.12. The van der Waals surface area contributed by atoms with Crippen LogP contribution in [0.15, 0.2) is 78.9 Å². The van der Waals surface area contributed by atoms with Crippen LogP contribution < -0.4 is 5.46 Å². The largest absolute Gasteiger partial charge is 0.450 e. The van der Waals surface area contributed by atoms with E-state index in [1.807, 2.05) is 18.2 Å². The maximum atomic E-state index is 9.27. The predicted molar refractivity (Wildman–Crippen MR) is 94.5 cm³/mol. The van der Waals surface area contributed by atoms with Gasteiger partial charge in [0.15, 0.2) is 0 Å². The summed E-state index contributed by atoms with van der Waals surface area (Å²) in [7, 11) is 1.15. The van der Waals surface area contributed by atoms with Crippen molar-refractivity contribution < 1.29 is 5.02 Å². The summed E-state index contributed by atoms with van der Waals surface area (Å²) in [4.78, 5) is 0. The van der Waals surface area contributed by atoms with Crippen LogP contribution in [-0.2, 0) is 0 Å². The van der Waals surface area contributed by atoms with Crippen LogP contribution in [0.2, 0.25) is 0 Å². The van der Waals surface area contributed by atoms with Crippen molar-refractivity contribution in [2.45, 2.75) is 0 Å². The fourth-order valence-electron chi connectivity index (χ4n) is 3.08. The van der Waals surface area contributed by atoms with Gasteiger partial charge in [-0.3, -0.25) is 0 Å². The molecular weight excluding hydrogens is 267 g/mol. The zero-order chi connectivity index (χ0) is 14.9. The Hall–Kier alpha value is -2.58. The Balaban J connectivity index is 2.11. The third-order valence-electron chi connectivity index (χ3n) is 4.11. The van der Waals surface area contributed by atoms with Gasteiger partial charge in [-0.05, 0) is 38.7 Å². The lowest BCUT2D eigenvalue weighted by Gasteiger charge is -2.11. The molecular formula is C20H14BO. The molecule has 0 aliphatic rings. The van der Waals surface area contributed by atoms with Crippen molar-refractivity contribution in [3.05, 3.63) is 78.9 Å². The van der Waals surface area contributed by atoms with Crippen molar-refractivity contribution >= 4 is 34.5 Å². The number of fused-ring (bicyclic) bond motifs is 3. The third kappa shape index (κ3) is 2.09. The molecule has 22 heavy (non-hydrogen) atoms. The molecule has 0 saturated carbocycles. The van der Waals surface area contributed by atoms with Gasteiger partial charge in [0.2, 0.25) is 0 Å². The molecule has 0 aliphatic carbocycles. The summed E-state index contributed by atoms with van der Waals surface area (Å²) < 4.78 is 0. The van der Waals surface area contributed by atoms with Crippen LogP contribution in [0, 0.1) is 0 Å². The zero-order valence-electron chi connectivity index (χ0n) is 12.0. The van der Waals surface area contributed by atoms with Crippen LogP contribution in [-0.4, -0.2) is 12.5 Å². The van der Waals surface area contributed by atoms with E-state index in [0.29, 0.717) is 0 Å². The van der Waals surface area contributed by atoms with Crippen LogP contribution in [0.5, 0.6) is 0 Å². The molecule has 4 aromatic rings. The highest BCUT2D eigenvalue weighted by Gasteiger charge is 2.08. The van der Waals surface area contributed by atoms with E-state index < -0.39 is 0 Å². The molecule has 0 fully saturated rings. The van der Waals surface area contributed by atoms with Crippen molar-refractivity contribution in [2.75, 3.05) is 0 Å². The standard InChI is InChI=1S/C20H14BO/c22-21-16-8-5-7-14(12-16)20-13-15-6-1-2-9-17(15)18-10-3-4-11-19(18)20/h1-13,22H. The van der Waals surface area contributed by atoms with Gasteiger partial charge < -0.3 is 5.02 Å². The summed E-state index contributed by atoms with van der Waals surface area (Å²) in [6.45, 7) is 0. The van der Waals surface area contributed by atoms with E-state index in [-0.39, 0.29) is 0 Å². The first-order chi connectivity index (χ1) is 10.9. The van der Waals surface area contributed by atoms with Crippen LogP contribution >= 0.6 is 0 Å². The first-order valence-electron chi connectivity index (χ1n) is 7.35. The Bertz CT molecular complexity index is 975. The SMILES string of the molecule is O[B]c1cccc(-c2cc3ccccc3c3ccccc23)c1. The molecule has 1 N–H and O–H groups in total. The van der Waals surface area contributed by atoms with E-state index in [1.165, 1.54) is 27.1 Å². The molecule has 0 spiro atoms. The monoisotopic (exact) mass is 281 g/mol. The highest BCUT2D eigenvalue weighted by molar-refractivity contribution is 6.45. The second kappa shape index (κ2) is 5.32. The Kier molecular flexibility index (Phi) is 3.17. The number of rotatable bonds is 2. The lowest BCUT2D eigenvalue weighted by molar-refractivity contribution is 0.615. The molecule has 1 nitrogen and oxygen atoms in total. The molecule has 1 radical (unpaired) electrons. The highest BCUT2D eigenvalue weighted by atomic mass is 16.2. The quantitative estimate of drug-likeness (QED) is 0.436. The van der Waals surface area contributed by atoms with Gasteiger partial charge in [-0.2, -0.15) is 0 Å². The van der Waals surface area contributed by atoms with Crippen molar-refractivity contribution in [2.24, 2.45) is 0 Å². The summed E-state index contributed by atoms with van der Waals surface area (Å²) in [5, 5.41) is 14.3. The molecule has 4 aromatic carbocycles. The van der Waals surface area contributed by atoms with Crippen LogP contribution in [0.3, 0.4) is 0 Å². The average Bonchev–Trinajstić information content (AvgIpc) is 2.61. The van der Waals surface area contributed by atoms with E-state index in [2.05, 4.69) is 60.7 Å². The van der Waals surface area contributed by atoms with E-state index in [0.717, 1.165) is 18.5 Å². The van der Waals surface area contributed by atoms with Crippen LogP contribution in [0.4, 0.5) is 0 Å². The summed E-state index contributed by atoms with van der Waals surface area (Å²) in [6, 6.07) is 27.1.